The highest BCUT2D eigenvalue weighted by molar-refractivity contribution is 7.88. The molecule has 0 fully saturated rings. The molecule has 0 radical (unpaired) electrons. The summed E-state index contributed by atoms with van der Waals surface area (Å²) in [6.07, 6.45) is 0. The molecule has 128 valence electrons. The second-order valence-electron chi connectivity index (χ2n) is 5.42. The molecule has 0 aliphatic rings. The van der Waals surface area contributed by atoms with Crippen LogP contribution in [0.1, 0.15) is 24.1 Å². The first-order chi connectivity index (χ1) is 11.2. The van der Waals surface area contributed by atoms with E-state index in [1.54, 1.807) is 31.2 Å². The van der Waals surface area contributed by atoms with Crippen LogP contribution in [-0.2, 0) is 15.8 Å². The van der Waals surface area contributed by atoms with Gasteiger partial charge in [-0.3, -0.25) is 10.1 Å². The van der Waals surface area contributed by atoms with Crippen molar-refractivity contribution in [1.29, 1.82) is 0 Å². The van der Waals surface area contributed by atoms with Crippen LogP contribution in [0.25, 0.3) is 0 Å². The predicted molar refractivity (Wildman–Crippen MR) is 93.4 cm³/mol. The highest BCUT2D eigenvalue weighted by atomic mass is 35.5. The van der Waals surface area contributed by atoms with Gasteiger partial charge in [-0.05, 0) is 30.2 Å². The van der Waals surface area contributed by atoms with Crippen molar-refractivity contribution in [1.82, 2.24) is 4.31 Å². The van der Waals surface area contributed by atoms with Crippen molar-refractivity contribution in [2.24, 2.45) is 0 Å². The van der Waals surface area contributed by atoms with Crippen LogP contribution in [0.15, 0.2) is 48.5 Å². The fourth-order valence-electron chi connectivity index (χ4n) is 2.22. The lowest BCUT2D eigenvalue weighted by atomic mass is 10.1. The van der Waals surface area contributed by atoms with Gasteiger partial charge in [0.25, 0.3) is 5.69 Å². The Morgan fingerprint density at radius 3 is 2.17 bits per heavy atom. The molecule has 0 spiro atoms. The van der Waals surface area contributed by atoms with E-state index in [1.807, 2.05) is 0 Å². The molecule has 0 aliphatic heterocycles. The molecule has 0 heterocycles. The summed E-state index contributed by atoms with van der Waals surface area (Å²) in [6, 6.07) is 12.1. The van der Waals surface area contributed by atoms with Gasteiger partial charge < -0.3 is 0 Å². The van der Waals surface area contributed by atoms with Crippen molar-refractivity contribution in [2.75, 3.05) is 7.05 Å². The van der Waals surface area contributed by atoms with Crippen molar-refractivity contribution < 1.29 is 13.3 Å². The molecule has 1 atom stereocenters. The molecule has 0 saturated heterocycles. The van der Waals surface area contributed by atoms with Crippen LogP contribution in [0.4, 0.5) is 5.69 Å². The van der Waals surface area contributed by atoms with Crippen molar-refractivity contribution >= 4 is 27.3 Å². The van der Waals surface area contributed by atoms with Gasteiger partial charge in [-0.25, -0.2) is 8.42 Å². The number of rotatable bonds is 6. The number of nitro groups is 1. The molecular weight excluding hydrogens is 352 g/mol. The monoisotopic (exact) mass is 368 g/mol. The minimum atomic E-state index is -3.57. The zero-order valence-electron chi connectivity index (χ0n) is 13.2. The van der Waals surface area contributed by atoms with Crippen LogP contribution in [0.2, 0.25) is 5.02 Å². The summed E-state index contributed by atoms with van der Waals surface area (Å²) >= 11 is 5.85. The summed E-state index contributed by atoms with van der Waals surface area (Å²) in [5, 5.41) is 11.2. The zero-order chi connectivity index (χ0) is 17.9. The summed E-state index contributed by atoms with van der Waals surface area (Å²) in [7, 11) is -2.06. The molecule has 2 rings (SSSR count). The first-order valence-electron chi connectivity index (χ1n) is 7.15. The second-order valence-corrected chi connectivity index (χ2v) is 7.89. The van der Waals surface area contributed by atoms with E-state index < -0.39 is 14.9 Å². The maximum Gasteiger partial charge on any atom is 0.269 e. The number of hydrogen-bond acceptors (Lipinski definition) is 4. The summed E-state index contributed by atoms with van der Waals surface area (Å²) in [6.45, 7) is 1.79. The van der Waals surface area contributed by atoms with Gasteiger partial charge in [-0.15, -0.1) is 0 Å². The molecule has 0 amide bonds. The molecule has 0 N–H and O–H groups in total. The van der Waals surface area contributed by atoms with E-state index in [4.69, 9.17) is 11.6 Å². The average molecular weight is 369 g/mol. The lowest BCUT2D eigenvalue weighted by Gasteiger charge is -2.24. The quantitative estimate of drug-likeness (QED) is 0.574. The standard InChI is InChI=1S/C16H17ClN2O4S/c1-12(14-5-7-15(17)8-6-14)18(2)24(22,23)11-13-3-9-16(10-4-13)19(20)21/h3-10,12H,11H2,1-2H3/t12-/m1/s1. The van der Waals surface area contributed by atoms with Crippen LogP contribution < -0.4 is 0 Å². The van der Waals surface area contributed by atoms with E-state index in [-0.39, 0.29) is 17.5 Å². The van der Waals surface area contributed by atoms with Gasteiger partial charge in [0, 0.05) is 30.2 Å². The maximum atomic E-state index is 12.6. The summed E-state index contributed by atoms with van der Waals surface area (Å²) < 4.78 is 26.4. The van der Waals surface area contributed by atoms with Gasteiger partial charge in [-0.1, -0.05) is 35.9 Å². The van der Waals surface area contributed by atoms with E-state index in [1.165, 1.54) is 35.6 Å². The Bertz CT molecular complexity index is 820. The number of hydrogen-bond donors (Lipinski definition) is 0. The molecule has 0 unspecified atom stereocenters. The van der Waals surface area contributed by atoms with Gasteiger partial charge in [-0.2, -0.15) is 4.31 Å². The number of benzene rings is 2. The van der Waals surface area contributed by atoms with E-state index >= 15 is 0 Å². The smallest absolute Gasteiger partial charge is 0.258 e. The summed E-state index contributed by atoms with van der Waals surface area (Å²) in [5.41, 5.74) is 1.25. The van der Waals surface area contributed by atoms with Crippen LogP contribution in [0.5, 0.6) is 0 Å². The molecule has 6 nitrogen and oxygen atoms in total. The van der Waals surface area contributed by atoms with E-state index in [9.17, 15) is 18.5 Å². The predicted octanol–water partition coefficient (Wildman–Crippen LogP) is 3.77. The van der Waals surface area contributed by atoms with Crippen LogP contribution in [0, 0.1) is 10.1 Å². The number of nitro benzene ring substituents is 1. The number of sulfonamides is 1. The Morgan fingerprint density at radius 2 is 1.67 bits per heavy atom. The number of non-ortho nitro benzene ring substituents is 1. The van der Waals surface area contributed by atoms with E-state index in [0.29, 0.717) is 10.6 Å². The van der Waals surface area contributed by atoms with Crippen LogP contribution in [-0.4, -0.2) is 24.7 Å². The van der Waals surface area contributed by atoms with Gasteiger partial charge in [0.15, 0.2) is 0 Å². The van der Waals surface area contributed by atoms with Crippen molar-refractivity contribution in [3.05, 3.63) is 74.8 Å². The van der Waals surface area contributed by atoms with Gasteiger partial charge >= 0.3 is 0 Å². The summed E-state index contributed by atoms with van der Waals surface area (Å²) in [5.74, 6) is -0.223. The van der Waals surface area contributed by atoms with Crippen LogP contribution >= 0.6 is 11.6 Å². The Morgan fingerprint density at radius 1 is 1.12 bits per heavy atom. The average Bonchev–Trinajstić information content (AvgIpc) is 2.54. The zero-order valence-corrected chi connectivity index (χ0v) is 14.8. The molecule has 0 aromatic heterocycles. The Balaban J connectivity index is 2.16. The third kappa shape index (κ3) is 4.31. The molecule has 2 aromatic rings. The molecule has 0 bridgehead atoms. The number of halogens is 1. The minimum Gasteiger partial charge on any atom is -0.258 e. The largest absolute Gasteiger partial charge is 0.269 e. The molecule has 24 heavy (non-hydrogen) atoms. The first kappa shape index (κ1) is 18.4. The van der Waals surface area contributed by atoms with Crippen molar-refractivity contribution in [3.8, 4) is 0 Å². The topological polar surface area (TPSA) is 80.5 Å². The lowest BCUT2D eigenvalue weighted by molar-refractivity contribution is -0.384. The molecule has 0 aliphatic carbocycles. The van der Waals surface area contributed by atoms with Gasteiger partial charge in [0.05, 0.1) is 10.7 Å². The van der Waals surface area contributed by atoms with E-state index in [0.717, 1.165) is 5.56 Å². The van der Waals surface area contributed by atoms with E-state index in [2.05, 4.69) is 0 Å². The number of nitrogens with zero attached hydrogens (tertiary/aromatic N) is 2. The normalized spacial score (nSPS) is 13.0. The maximum absolute atomic E-state index is 12.6. The van der Waals surface area contributed by atoms with Crippen molar-refractivity contribution in [3.63, 3.8) is 0 Å². The molecule has 0 saturated carbocycles. The molecular formula is C16H17ClN2O4S. The third-order valence-electron chi connectivity index (χ3n) is 3.83. The Kier molecular flexibility index (Phi) is 5.58. The Hall–Kier alpha value is -1.96. The van der Waals surface area contributed by atoms with Crippen LogP contribution in [0.3, 0.4) is 0 Å². The lowest BCUT2D eigenvalue weighted by Crippen LogP contribution is -2.30. The third-order valence-corrected chi connectivity index (χ3v) is 5.98. The summed E-state index contributed by atoms with van der Waals surface area (Å²) in [4.78, 5) is 10.1. The van der Waals surface area contributed by atoms with Crippen molar-refractivity contribution in [2.45, 2.75) is 18.7 Å². The first-order valence-corrected chi connectivity index (χ1v) is 9.14. The highest BCUT2D eigenvalue weighted by Crippen LogP contribution is 2.25. The Labute approximate surface area is 145 Å². The van der Waals surface area contributed by atoms with Gasteiger partial charge in [0.2, 0.25) is 10.0 Å². The molecule has 2 aromatic carbocycles. The fourth-order valence-corrected chi connectivity index (χ4v) is 3.77. The SMILES string of the molecule is C[C@H](c1ccc(Cl)cc1)N(C)S(=O)(=O)Cc1ccc([N+](=O)[O-])cc1. The molecule has 8 heteroatoms. The highest BCUT2D eigenvalue weighted by Gasteiger charge is 2.25. The minimum absolute atomic E-state index is 0.0703. The fraction of sp³-hybridized carbons (Fsp3) is 0.250. The second kappa shape index (κ2) is 7.29. The van der Waals surface area contributed by atoms with Gasteiger partial charge in [0.1, 0.15) is 0 Å².